The number of carbonyl (C=O) groups is 1. The van der Waals surface area contributed by atoms with Crippen LogP contribution in [0.1, 0.15) is 23.8 Å². The third kappa shape index (κ3) is 3.56. The predicted molar refractivity (Wildman–Crippen MR) is 121 cm³/mol. The first-order chi connectivity index (χ1) is 14.4. The fraction of sp³-hybridized carbons (Fsp3) is 0.333. The third-order valence-electron chi connectivity index (χ3n) is 5.27. The van der Waals surface area contributed by atoms with Gasteiger partial charge in [0.1, 0.15) is 17.0 Å². The van der Waals surface area contributed by atoms with Crippen LogP contribution in [0.5, 0.6) is 0 Å². The van der Waals surface area contributed by atoms with Gasteiger partial charge in [0.05, 0.1) is 16.4 Å². The number of nitrogens with one attached hydrogen (secondary N) is 2. The molecule has 0 aliphatic heterocycles. The van der Waals surface area contributed by atoms with Gasteiger partial charge in [-0.15, -0.1) is 11.3 Å². The zero-order valence-electron chi connectivity index (χ0n) is 17.4. The van der Waals surface area contributed by atoms with Crippen molar-refractivity contribution in [2.24, 2.45) is 14.1 Å². The van der Waals surface area contributed by atoms with Crippen molar-refractivity contribution in [1.82, 2.24) is 19.1 Å². The van der Waals surface area contributed by atoms with Crippen molar-refractivity contribution in [2.75, 3.05) is 17.2 Å². The van der Waals surface area contributed by atoms with Crippen molar-refractivity contribution < 1.29 is 4.79 Å². The maximum Gasteiger partial charge on any atom is 0.328 e. The second kappa shape index (κ2) is 7.91. The molecule has 0 radical (unpaired) electrons. The number of hydrogen-bond acceptors (Lipinski definition) is 6. The Labute approximate surface area is 177 Å². The molecule has 0 unspecified atom stereocenters. The zero-order valence-corrected chi connectivity index (χ0v) is 18.3. The molecule has 0 spiro atoms. The number of imidazole rings is 1. The molecular weight excluding hydrogens is 400 g/mol. The molecule has 0 aliphatic rings. The number of hydrogen-bond donors (Lipinski definition) is 2. The average Bonchev–Trinajstić information content (AvgIpc) is 3.25. The lowest BCUT2D eigenvalue weighted by Crippen LogP contribution is -2.19. The molecule has 0 aliphatic carbocycles. The minimum absolute atomic E-state index is 0.0899. The number of benzene rings is 1. The number of anilines is 2. The number of nitrogens with zero attached hydrogens (tertiary/aromatic N) is 4. The average molecular weight is 425 g/mol. The Morgan fingerprint density at radius 2 is 1.87 bits per heavy atom. The molecule has 1 amide bonds. The summed E-state index contributed by atoms with van der Waals surface area (Å²) in [4.78, 5) is 35.5. The van der Waals surface area contributed by atoms with Crippen LogP contribution in [0.2, 0.25) is 0 Å². The number of carbonyl (C=O) groups excluding carboxylic acids is 1. The van der Waals surface area contributed by atoms with Crippen LogP contribution in [0.3, 0.4) is 0 Å². The monoisotopic (exact) mass is 424 g/mol. The molecule has 30 heavy (non-hydrogen) atoms. The van der Waals surface area contributed by atoms with Gasteiger partial charge in [0.15, 0.2) is 0 Å². The summed E-state index contributed by atoms with van der Waals surface area (Å²) in [6.07, 6.45) is 2.80. The molecule has 0 bridgehead atoms. The Morgan fingerprint density at radius 1 is 1.13 bits per heavy atom. The normalized spacial score (nSPS) is 11.3. The van der Waals surface area contributed by atoms with Gasteiger partial charge in [0.2, 0.25) is 5.91 Å². The van der Waals surface area contributed by atoms with Crippen LogP contribution < -0.4 is 16.3 Å². The summed E-state index contributed by atoms with van der Waals surface area (Å²) in [6, 6.07) is 5.87. The minimum atomic E-state index is -0.101. The largest absolute Gasteiger partial charge is 0.369 e. The number of fused-ring (bicyclic) bond motifs is 2. The number of thiophene rings is 1. The first-order valence-electron chi connectivity index (χ1n) is 9.82. The van der Waals surface area contributed by atoms with Crippen LogP contribution in [-0.4, -0.2) is 31.6 Å². The fourth-order valence-corrected chi connectivity index (χ4v) is 4.45. The lowest BCUT2D eigenvalue weighted by Gasteiger charge is -2.10. The maximum absolute atomic E-state index is 12.5. The van der Waals surface area contributed by atoms with Crippen molar-refractivity contribution in [3.8, 4) is 0 Å². The van der Waals surface area contributed by atoms with E-state index in [1.165, 1.54) is 4.88 Å². The van der Waals surface area contributed by atoms with Gasteiger partial charge < -0.3 is 10.6 Å². The van der Waals surface area contributed by atoms with E-state index in [2.05, 4.69) is 33.6 Å². The van der Waals surface area contributed by atoms with Crippen LogP contribution in [0, 0.1) is 6.92 Å². The molecule has 3 heterocycles. The SMILES string of the molecule is CCc1cc2c(NCCC(=O)Nc3cc4c(cc3C)n(C)c(=O)n4C)ncnc2s1. The van der Waals surface area contributed by atoms with E-state index < -0.39 is 0 Å². The smallest absolute Gasteiger partial charge is 0.328 e. The van der Waals surface area contributed by atoms with Gasteiger partial charge in [0.25, 0.3) is 0 Å². The van der Waals surface area contributed by atoms with E-state index in [0.29, 0.717) is 18.7 Å². The van der Waals surface area contributed by atoms with Crippen LogP contribution in [0.15, 0.2) is 29.3 Å². The summed E-state index contributed by atoms with van der Waals surface area (Å²) in [7, 11) is 3.47. The molecule has 1 aromatic carbocycles. The van der Waals surface area contributed by atoms with E-state index in [4.69, 9.17) is 0 Å². The fourth-order valence-electron chi connectivity index (χ4n) is 3.51. The quantitative estimate of drug-likeness (QED) is 0.496. The zero-order chi connectivity index (χ0) is 21.4. The summed E-state index contributed by atoms with van der Waals surface area (Å²) in [5, 5.41) is 7.20. The minimum Gasteiger partial charge on any atom is -0.369 e. The van der Waals surface area contributed by atoms with Crippen molar-refractivity contribution in [1.29, 1.82) is 0 Å². The highest BCUT2D eigenvalue weighted by molar-refractivity contribution is 7.18. The Hall–Kier alpha value is -3.20. The van der Waals surface area contributed by atoms with E-state index in [1.807, 2.05) is 19.1 Å². The summed E-state index contributed by atoms with van der Waals surface area (Å²) in [6.45, 7) is 4.49. The molecule has 2 N–H and O–H groups in total. The highest BCUT2D eigenvalue weighted by Gasteiger charge is 2.13. The van der Waals surface area contributed by atoms with Gasteiger partial charge in [-0.05, 0) is 37.1 Å². The molecule has 0 fully saturated rings. The van der Waals surface area contributed by atoms with Crippen molar-refractivity contribution in [2.45, 2.75) is 26.7 Å². The van der Waals surface area contributed by atoms with Crippen molar-refractivity contribution in [3.63, 3.8) is 0 Å². The van der Waals surface area contributed by atoms with E-state index >= 15 is 0 Å². The molecule has 0 saturated carbocycles. The van der Waals surface area contributed by atoms with Crippen LogP contribution in [-0.2, 0) is 25.3 Å². The molecule has 3 aromatic heterocycles. The van der Waals surface area contributed by atoms with E-state index in [1.54, 1.807) is 40.9 Å². The van der Waals surface area contributed by atoms with Crippen LogP contribution >= 0.6 is 11.3 Å². The van der Waals surface area contributed by atoms with Crippen molar-refractivity contribution >= 4 is 50.0 Å². The highest BCUT2D eigenvalue weighted by atomic mass is 32.1. The number of rotatable bonds is 6. The van der Waals surface area contributed by atoms with Crippen LogP contribution in [0.4, 0.5) is 11.5 Å². The molecule has 4 aromatic rings. The Kier molecular flexibility index (Phi) is 5.29. The van der Waals surface area contributed by atoms with E-state index in [-0.39, 0.29) is 11.6 Å². The summed E-state index contributed by atoms with van der Waals surface area (Å²) >= 11 is 1.66. The standard InChI is InChI=1S/C21H24N6O2S/c1-5-13-9-14-19(23-11-24-20(14)30-13)22-7-6-18(28)25-15-10-17-16(8-12(15)2)26(3)21(29)27(17)4/h8-11H,5-7H2,1-4H3,(H,25,28)(H,22,23,24). The number of amides is 1. The van der Waals surface area contributed by atoms with Gasteiger partial charge in [-0.25, -0.2) is 14.8 Å². The third-order valence-corrected chi connectivity index (χ3v) is 6.45. The summed E-state index contributed by atoms with van der Waals surface area (Å²) < 4.78 is 3.19. The molecular formula is C21H24N6O2S. The van der Waals surface area contributed by atoms with Gasteiger partial charge in [-0.3, -0.25) is 13.9 Å². The summed E-state index contributed by atoms with van der Waals surface area (Å²) in [5.41, 5.74) is 3.16. The second-order valence-corrected chi connectivity index (χ2v) is 8.40. The van der Waals surface area contributed by atoms with Gasteiger partial charge >= 0.3 is 5.69 Å². The topological polar surface area (TPSA) is 93.8 Å². The van der Waals surface area contributed by atoms with Gasteiger partial charge in [-0.1, -0.05) is 6.92 Å². The van der Waals surface area contributed by atoms with Crippen LogP contribution in [0.25, 0.3) is 21.3 Å². The first-order valence-corrected chi connectivity index (χ1v) is 10.6. The molecule has 0 atom stereocenters. The molecule has 8 nitrogen and oxygen atoms in total. The molecule has 4 rings (SSSR count). The van der Waals surface area contributed by atoms with E-state index in [9.17, 15) is 9.59 Å². The Balaban J connectivity index is 1.44. The molecule has 156 valence electrons. The number of aryl methyl sites for hydroxylation is 4. The molecule has 9 heteroatoms. The Bertz CT molecular complexity index is 1320. The summed E-state index contributed by atoms with van der Waals surface area (Å²) in [5.74, 6) is 0.649. The lowest BCUT2D eigenvalue weighted by molar-refractivity contribution is -0.115. The Morgan fingerprint density at radius 3 is 2.60 bits per heavy atom. The van der Waals surface area contributed by atoms with E-state index in [0.717, 1.165) is 39.1 Å². The number of aromatic nitrogens is 4. The van der Waals surface area contributed by atoms with Gasteiger partial charge in [-0.2, -0.15) is 0 Å². The van der Waals surface area contributed by atoms with Crippen molar-refractivity contribution in [3.05, 3.63) is 45.5 Å². The van der Waals surface area contributed by atoms with Gasteiger partial charge in [0, 0.05) is 37.6 Å². The lowest BCUT2D eigenvalue weighted by atomic mass is 10.1. The first kappa shape index (κ1) is 20.1. The second-order valence-electron chi connectivity index (χ2n) is 7.29. The highest BCUT2D eigenvalue weighted by Crippen LogP contribution is 2.28. The molecule has 0 saturated heterocycles. The predicted octanol–water partition coefficient (Wildman–Crippen LogP) is 3.19. The maximum atomic E-state index is 12.5.